The molecule has 16 heteroatoms. The molecule has 2 aromatic carbocycles. The molecule has 0 unspecified atom stereocenters. The molecule has 0 bridgehead atoms. The smallest absolute Gasteiger partial charge is 0.267 e. The van der Waals surface area contributed by atoms with E-state index in [1.807, 2.05) is 23.1 Å². The summed E-state index contributed by atoms with van der Waals surface area (Å²) in [5.74, 6) is 0.333. The Bertz CT molecular complexity index is 2540. The third kappa shape index (κ3) is 12.5. The van der Waals surface area contributed by atoms with Crippen molar-refractivity contribution in [3.05, 3.63) is 119 Å². The molecule has 4 amide bonds. The zero-order valence-electron chi connectivity index (χ0n) is 37.5. The molecule has 348 valence electrons. The molecular formula is C50H57F2N7O6S. The average Bonchev–Trinajstić information content (AvgIpc) is 3.99. The van der Waals surface area contributed by atoms with Crippen LogP contribution in [0.5, 0.6) is 11.5 Å². The van der Waals surface area contributed by atoms with Gasteiger partial charge in [0.25, 0.3) is 23.6 Å². The second-order valence-corrected chi connectivity index (χ2v) is 17.9. The van der Waals surface area contributed by atoms with Gasteiger partial charge in [0.1, 0.15) is 28.8 Å². The van der Waals surface area contributed by atoms with Gasteiger partial charge in [-0.15, -0.1) is 11.3 Å². The lowest BCUT2D eigenvalue weighted by Crippen LogP contribution is -2.38. The molecule has 2 fully saturated rings. The van der Waals surface area contributed by atoms with Crippen molar-refractivity contribution >= 4 is 56.0 Å². The van der Waals surface area contributed by atoms with Crippen LogP contribution >= 0.6 is 11.3 Å². The van der Waals surface area contributed by atoms with Gasteiger partial charge in [0.05, 0.1) is 34.9 Å². The van der Waals surface area contributed by atoms with Gasteiger partial charge in [-0.1, -0.05) is 25.7 Å². The largest absolute Gasteiger partial charge is 0.497 e. The topological polar surface area (TPSA) is 159 Å². The van der Waals surface area contributed by atoms with Crippen molar-refractivity contribution < 1.29 is 37.4 Å². The van der Waals surface area contributed by atoms with Gasteiger partial charge in [0.15, 0.2) is 0 Å². The lowest BCUT2D eigenvalue weighted by atomic mass is 9.91. The number of nitrogens with one attached hydrogen (secondary N) is 3. The highest BCUT2D eigenvalue weighted by atomic mass is 32.1. The summed E-state index contributed by atoms with van der Waals surface area (Å²) in [6, 6.07) is 15.9. The Morgan fingerprint density at radius 3 is 1.94 bits per heavy atom. The number of fused-ring (bicyclic) bond motifs is 2. The Labute approximate surface area is 387 Å². The highest BCUT2D eigenvalue weighted by Crippen LogP contribution is 2.30. The summed E-state index contributed by atoms with van der Waals surface area (Å²) >= 11 is 1.48. The molecule has 2 aliphatic rings. The number of pyridine rings is 2. The molecule has 4 aromatic heterocycles. The zero-order chi connectivity index (χ0) is 46.4. The maximum Gasteiger partial charge on any atom is 0.267 e. The number of likely N-dealkylation sites (tertiary alicyclic amines) is 2. The van der Waals surface area contributed by atoms with E-state index < -0.39 is 11.6 Å². The van der Waals surface area contributed by atoms with Crippen LogP contribution in [0.15, 0.2) is 85.5 Å². The van der Waals surface area contributed by atoms with Crippen molar-refractivity contribution in [2.24, 2.45) is 11.8 Å². The van der Waals surface area contributed by atoms with Crippen LogP contribution in [0.4, 0.5) is 8.78 Å². The lowest BCUT2D eigenvalue weighted by molar-refractivity contribution is 0.0673. The minimum atomic E-state index is -0.816. The SMILES string of the molecule is COc1ccc(C(=O)N2CCC(CCCCNC(=O)c3cc4ccncc4s3)CC2)c(OC)c1.O=C(NCCCCC1CCN(C(=O)c2ccc(F)cc2F)CC1)c1cc2cnccc2[nH]1. The van der Waals surface area contributed by atoms with E-state index in [0.29, 0.717) is 60.8 Å². The fourth-order valence-corrected chi connectivity index (χ4v) is 9.57. The molecule has 0 spiro atoms. The average molecular weight is 922 g/mol. The first-order valence-electron chi connectivity index (χ1n) is 22.7. The molecule has 8 rings (SSSR count). The number of rotatable bonds is 16. The van der Waals surface area contributed by atoms with Crippen LogP contribution in [-0.4, -0.2) is 102 Å². The van der Waals surface area contributed by atoms with Crippen LogP contribution in [0, 0.1) is 23.5 Å². The normalized spacial score (nSPS) is 14.4. The number of halogens is 2. The molecule has 6 aromatic rings. The molecule has 3 N–H and O–H groups in total. The minimum absolute atomic E-state index is 0.0117. The fourth-order valence-electron chi connectivity index (χ4n) is 8.62. The predicted molar refractivity (Wildman–Crippen MR) is 251 cm³/mol. The quantitative estimate of drug-likeness (QED) is 0.0812. The molecule has 6 heterocycles. The number of hydrogen-bond donors (Lipinski definition) is 3. The maximum absolute atomic E-state index is 13.9. The highest BCUT2D eigenvalue weighted by Gasteiger charge is 2.27. The molecule has 0 radical (unpaired) electrons. The van der Waals surface area contributed by atoms with Gasteiger partial charge in [-0.05, 0) is 104 Å². The van der Waals surface area contributed by atoms with Crippen LogP contribution in [0.3, 0.4) is 0 Å². The van der Waals surface area contributed by atoms with E-state index in [1.165, 1.54) is 17.4 Å². The number of nitrogens with zero attached hydrogens (tertiary/aromatic N) is 4. The number of aromatic amines is 1. The fraction of sp³-hybridized carbons (Fsp3) is 0.400. The summed E-state index contributed by atoms with van der Waals surface area (Å²) in [6.45, 7) is 3.96. The van der Waals surface area contributed by atoms with Crippen LogP contribution in [0.1, 0.15) is 105 Å². The van der Waals surface area contributed by atoms with Crippen molar-refractivity contribution in [1.29, 1.82) is 0 Å². The second-order valence-electron chi connectivity index (χ2n) is 16.8. The number of methoxy groups -OCH3 is 2. The van der Waals surface area contributed by atoms with E-state index in [0.717, 1.165) is 115 Å². The number of benzene rings is 2. The monoisotopic (exact) mass is 921 g/mol. The lowest BCUT2D eigenvalue weighted by Gasteiger charge is -2.32. The van der Waals surface area contributed by atoms with Crippen molar-refractivity contribution in [2.75, 3.05) is 53.5 Å². The number of H-pyrrole nitrogens is 1. The number of carbonyl (C=O) groups is 4. The minimum Gasteiger partial charge on any atom is -0.497 e. The summed E-state index contributed by atoms with van der Waals surface area (Å²) in [5, 5.41) is 7.94. The number of piperidine rings is 2. The highest BCUT2D eigenvalue weighted by molar-refractivity contribution is 7.20. The number of unbranched alkanes of at least 4 members (excludes halogenated alkanes) is 2. The number of hydrogen-bond acceptors (Lipinski definition) is 9. The van der Waals surface area contributed by atoms with Crippen molar-refractivity contribution in [3.8, 4) is 11.5 Å². The van der Waals surface area contributed by atoms with Gasteiger partial charge >= 0.3 is 0 Å². The second kappa shape index (κ2) is 23.2. The predicted octanol–water partition coefficient (Wildman–Crippen LogP) is 9.06. The third-order valence-electron chi connectivity index (χ3n) is 12.5. The van der Waals surface area contributed by atoms with Gasteiger partial charge in [-0.3, -0.25) is 29.1 Å². The van der Waals surface area contributed by atoms with Gasteiger partial charge in [-0.2, -0.15) is 0 Å². The van der Waals surface area contributed by atoms with E-state index >= 15 is 0 Å². The standard InChI is InChI=1S/C26H31N3O4S.C24H26F2N4O2/c1-32-20-6-7-21(22(16-20)33-2)26(31)29-13-9-18(10-14-29)5-3-4-11-28-25(30)23-15-19-8-12-27-17-24(19)34-23;25-18-4-5-19(20(26)14-18)24(32)30-11-7-16(8-12-30)3-1-2-9-28-23(31)22-13-17-15-27-10-6-21(17)29-22/h6-8,12,15-18H,3-5,9-11,13-14H2,1-2H3,(H,28,30);4-6,10,13-16,29H,1-3,7-9,11-12H2,(H,28,31). The Morgan fingerprint density at radius 1 is 0.697 bits per heavy atom. The van der Waals surface area contributed by atoms with Crippen LogP contribution < -0.4 is 20.1 Å². The molecule has 66 heavy (non-hydrogen) atoms. The van der Waals surface area contributed by atoms with Gasteiger partial charge in [-0.25, -0.2) is 8.78 Å². The maximum atomic E-state index is 13.9. The number of thiophene rings is 1. The molecule has 0 atom stereocenters. The number of aromatic nitrogens is 3. The summed E-state index contributed by atoms with van der Waals surface area (Å²) in [7, 11) is 3.17. The van der Waals surface area contributed by atoms with Gasteiger partial charge in [0.2, 0.25) is 0 Å². The van der Waals surface area contributed by atoms with Crippen molar-refractivity contribution in [1.82, 2.24) is 35.4 Å². The van der Waals surface area contributed by atoms with Crippen LogP contribution in [0.2, 0.25) is 0 Å². The summed E-state index contributed by atoms with van der Waals surface area (Å²) in [6.07, 6.45) is 16.7. The Morgan fingerprint density at radius 2 is 1.32 bits per heavy atom. The molecule has 13 nitrogen and oxygen atoms in total. The molecule has 0 saturated carbocycles. The van der Waals surface area contributed by atoms with Crippen molar-refractivity contribution in [2.45, 2.75) is 64.2 Å². The summed E-state index contributed by atoms with van der Waals surface area (Å²) in [4.78, 5) is 65.7. The van der Waals surface area contributed by atoms with E-state index in [9.17, 15) is 28.0 Å². The first kappa shape index (κ1) is 47.5. The number of amides is 4. The van der Waals surface area contributed by atoms with Gasteiger partial charge in [0, 0.05) is 87.1 Å². The Balaban J connectivity index is 0.000000197. The van der Waals surface area contributed by atoms with Crippen LogP contribution in [0.25, 0.3) is 21.0 Å². The summed E-state index contributed by atoms with van der Waals surface area (Å²) < 4.78 is 38.6. The van der Waals surface area contributed by atoms with E-state index in [1.54, 1.807) is 68.2 Å². The Kier molecular flexibility index (Phi) is 16.7. The molecule has 0 aliphatic carbocycles. The number of ether oxygens (including phenoxy) is 2. The van der Waals surface area contributed by atoms with E-state index in [-0.39, 0.29) is 29.2 Å². The summed E-state index contributed by atoms with van der Waals surface area (Å²) in [5.41, 5.74) is 1.92. The molecule has 2 saturated heterocycles. The molecular weight excluding hydrogens is 865 g/mol. The Hall–Kier alpha value is -6.42. The van der Waals surface area contributed by atoms with E-state index in [4.69, 9.17) is 9.47 Å². The first-order valence-corrected chi connectivity index (χ1v) is 23.5. The van der Waals surface area contributed by atoms with Crippen LogP contribution in [-0.2, 0) is 0 Å². The molecule has 2 aliphatic heterocycles. The van der Waals surface area contributed by atoms with E-state index in [2.05, 4.69) is 25.6 Å². The van der Waals surface area contributed by atoms with Crippen molar-refractivity contribution in [3.63, 3.8) is 0 Å². The zero-order valence-corrected chi connectivity index (χ0v) is 38.3. The number of carbonyl (C=O) groups excluding carboxylic acids is 4. The third-order valence-corrected chi connectivity index (χ3v) is 13.6. The van der Waals surface area contributed by atoms with Gasteiger partial charge < -0.3 is 34.9 Å². The first-order chi connectivity index (χ1) is 32.1.